The Morgan fingerprint density at radius 1 is 1.28 bits per heavy atom. The quantitative estimate of drug-likeness (QED) is 0.845. The van der Waals surface area contributed by atoms with Crippen molar-refractivity contribution in [1.82, 2.24) is 20.5 Å². The minimum atomic E-state index is 0.329. The molecule has 0 spiro atoms. The molecule has 0 saturated carbocycles. The van der Waals surface area contributed by atoms with Gasteiger partial charge in [0.2, 0.25) is 0 Å². The van der Waals surface area contributed by atoms with Crippen LogP contribution in [0.4, 0.5) is 0 Å². The molecule has 0 aliphatic carbocycles. The van der Waals surface area contributed by atoms with Crippen molar-refractivity contribution in [2.45, 2.75) is 12.5 Å². The van der Waals surface area contributed by atoms with Crippen LogP contribution in [0.5, 0.6) is 0 Å². The molecule has 1 unspecified atom stereocenters. The van der Waals surface area contributed by atoms with Crippen LogP contribution in [0.15, 0.2) is 30.3 Å². The summed E-state index contributed by atoms with van der Waals surface area (Å²) in [5, 5.41) is 10.6. The van der Waals surface area contributed by atoms with Crippen molar-refractivity contribution in [2.24, 2.45) is 0 Å². The number of H-pyrrole nitrogens is 1. The van der Waals surface area contributed by atoms with Gasteiger partial charge in [0.25, 0.3) is 0 Å². The van der Waals surface area contributed by atoms with Crippen molar-refractivity contribution in [3.63, 3.8) is 0 Å². The van der Waals surface area contributed by atoms with E-state index in [0.29, 0.717) is 6.04 Å². The van der Waals surface area contributed by atoms with Gasteiger partial charge in [0.05, 0.1) is 13.2 Å². The van der Waals surface area contributed by atoms with E-state index in [4.69, 9.17) is 4.74 Å². The van der Waals surface area contributed by atoms with Gasteiger partial charge in [0.15, 0.2) is 5.82 Å². The fraction of sp³-hybridized carbons (Fsp3) is 0.385. The Hall–Kier alpha value is -1.72. The van der Waals surface area contributed by atoms with Crippen molar-refractivity contribution >= 4 is 0 Å². The molecule has 94 valence electrons. The van der Waals surface area contributed by atoms with E-state index in [2.05, 4.69) is 20.5 Å². The lowest BCUT2D eigenvalue weighted by atomic mass is 10.2. The third-order valence-electron chi connectivity index (χ3n) is 3.00. The number of benzene rings is 1. The number of hydrogen-bond acceptors (Lipinski definition) is 4. The molecule has 1 atom stereocenters. The summed E-state index contributed by atoms with van der Waals surface area (Å²) in [5.74, 6) is 1.65. The van der Waals surface area contributed by atoms with E-state index >= 15 is 0 Å². The van der Waals surface area contributed by atoms with Crippen LogP contribution in [0.25, 0.3) is 11.4 Å². The molecule has 0 radical (unpaired) electrons. The molecule has 1 aromatic heterocycles. The fourth-order valence-electron chi connectivity index (χ4n) is 2.09. The molecular weight excluding hydrogens is 228 g/mol. The minimum absolute atomic E-state index is 0.329. The summed E-state index contributed by atoms with van der Waals surface area (Å²) in [6.45, 7) is 2.44. The SMILES string of the molecule is c1ccc(-c2n[nH]c(CC3COCCN3)n2)cc1. The fourth-order valence-corrected chi connectivity index (χ4v) is 2.09. The molecule has 1 aromatic carbocycles. The van der Waals surface area contributed by atoms with Gasteiger partial charge in [-0.25, -0.2) is 4.98 Å². The van der Waals surface area contributed by atoms with Gasteiger partial charge < -0.3 is 10.1 Å². The summed E-state index contributed by atoms with van der Waals surface area (Å²) in [7, 11) is 0. The van der Waals surface area contributed by atoms with Crippen LogP contribution in [0.3, 0.4) is 0 Å². The third kappa shape index (κ3) is 2.57. The highest BCUT2D eigenvalue weighted by atomic mass is 16.5. The topological polar surface area (TPSA) is 62.8 Å². The maximum atomic E-state index is 5.42. The van der Waals surface area contributed by atoms with Crippen molar-refractivity contribution in [2.75, 3.05) is 19.8 Å². The van der Waals surface area contributed by atoms with Crippen molar-refractivity contribution in [3.8, 4) is 11.4 Å². The van der Waals surface area contributed by atoms with Crippen LogP contribution in [-0.4, -0.2) is 41.0 Å². The van der Waals surface area contributed by atoms with E-state index in [9.17, 15) is 0 Å². The summed E-state index contributed by atoms with van der Waals surface area (Å²) in [4.78, 5) is 4.51. The Morgan fingerprint density at radius 3 is 2.94 bits per heavy atom. The number of aromatic nitrogens is 3. The summed E-state index contributed by atoms with van der Waals surface area (Å²) in [5.41, 5.74) is 1.04. The van der Waals surface area contributed by atoms with E-state index in [1.165, 1.54) is 0 Å². The highest BCUT2D eigenvalue weighted by molar-refractivity contribution is 5.53. The zero-order chi connectivity index (χ0) is 12.2. The summed E-state index contributed by atoms with van der Waals surface area (Å²) < 4.78 is 5.42. The van der Waals surface area contributed by atoms with Gasteiger partial charge >= 0.3 is 0 Å². The van der Waals surface area contributed by atoms with Crippen LogP contribution < -0.4 is 5.32 Å². The number of aromatic amines is 1. The molecule has 18 heavy (non-hydrogen) atoms. The van der Waals surface area contributed by atoms with Crippen LogP contribution in [0.1, 0.15) is 5.82 Å². The summed E-state index contributed by atoms with van der Waals surface area (Å²) >= 11 is 0. The lowest BCUT2D eigenvalue weighted by Crippen LogP contribution is -2.42. The molecule has 1 fully saturated rings. The molecule has 0 amide bonds. The normalized spacial score (nSPS) is 19.9. The average Bonchev–Trinajstić information content (AvgIpc) is 2.89. The second-order valence-corrected chi connectivity index (χ2v) is 4.40. The van der Waals surface area contributed by atoms with Gasteiger partial charge in [-0.3, -0.25) is 5.10 Å². The molecule has 2 heterocycles. The van der Waals surface area contributed by atoms with E-state index in [-0.39, 0.29) is 0 Å². The predicted molar refractivity (Wildman–Crippen MR) is 68.1 cm³/mol. The lowest BCUT2D eigenvalue weighted by molar-refractivity contribution is 0.0764. The highest BCUT2D eigenvalue weighted by Crippen LogP contribution is 2.14. The molecule has 2 N–H and O–H groups in total. The molecule has 0 bridgehead atoms. The second-order valence-electron chi connectivity index (χ2n) is 4.40. The first-order valence-electron chi connectivity index (χ1n) is 6.19. The highest BCUT2D eigenvalue weighted by Gasteiger charge is 2.15. The van der Waals surface area contributed by atoms with Crippen molar-refractivity contribution < 1.29 is 4.74 Å². The molecule has 3 rings (SSSR count). The molecule has 1 aliphatic rings. The Morgan fingerprint density at radius 2 is 2.17 bits per heavy atom. The van der Waals surface area contributed by atoms with Crippen LogP contribution in [0.2, 0.25) is 0 Å². The first-order valence-corrected chi connectivity index (χ1v) is 6.19. The molecule has 2 aromatic rings. The van der Waals surface area contributed by atoms with E-state index in [0.717, 1.165) is 43.4 Å². The lowest BCUT2D eigenvalue weighted by Gasteiger charge is -2.22. The number of rotatable bonds is 3. The largest absolute Gasteiger partial charge is 0.379 e. The van der Waals surface area contributed by atoms with Crippen LogP contribution >= 0.6 is 0 Å². The Labute approximate surface area is 106 Å². The van der Waals surface area contributed by atoms with Gasteiger partial charge in [-0.05, 0) is 0 Å². The van der Waals surface area contributed by atoms with Crippen molar-refractivity contribution in [3.05, 3.63) is 36.2 Å². The van der Waals surface area contributed by atoms with E-state index < -0.39 is 0 Å². The maximum Gasteiger partial charge on any atom is 0.181 e. The monoisotopic (exact) mass is 244 g/mol. The second kappa shape index (κ2) is 5.29. The number of hydrogen-bond donors (Lipinski definition) is 2. The zero-order valence-corrected chi connectivity index (χ0v) is 10.1. The van der Waals surface area contributed by atoms with E-state index in [1.54, 1.807) is 0 Å². The molecule has 1 aliphatic heterocycles. The Bertz CT molecular complexity index is 491. The Kier molecular flexibility index (Phi) is 3.34. The summed E-state index contributed by atoms with van der Waals surface area (Å²) in [6.07, 6.45) is 0.819. The Balaban J connectivity index is 1.69. The minimum Gasteiger partial charge on any atom is -0.379 e. The smallest absolute Gasteiger partial charge is 0.181 e. The van der Waals surface area contributed by atoms with E-state index in [1.807, 2.05) is 30.3 Å². The maximum absolute atomic E-state index is 5.42. The van der Waals surface area contributed by atoms with Gasteiger partial charge in [-0.2, -0.15) is 5.10 Å². The molecule has 5 heteroatoms. The number of morpholine rings is 1. The first kappa shape index (κ1) is 11.4. The average molecular weight is 244 g/mol. The van der Waals surface area contributed by atoms with Gasteiger partial charge in [0, 0.05) is 24.6 Å². The molecule has 1 saturated heterocycles. The number of nitrogens with zero attached hydrogens (tertiary/aromatic N) is 2. The third-order valence-corrected chi connectivity index (χ3v) is 3.00. The van der Waals surface area contributed by atoms with Gasteiger partial charge in [-0.15, -0.1) is 0 Å². The van der Waals surface area contributed by atoms with Gasteiger partial charge in [-0.1, -0.05) is 30.3 Å². The molecular formula is C13H16N4O. The first-order chi connectivity index (χ1) is 8.92. The number of ether oxygens (including phenoxy) is 1. The van der Waals surface area contributed by atoms with Crippen LogP contribution in [-0.2, 0) is 11.2 Å². The standard InChI is InChI=1S/C13H16N4O/c1-2-4-10(5-3-1)13-15-12(16-17-13)8-11-9-18-7-6-14-11/h1-5,11,14H,6-9H2,(H,15,16,17). The van der Waals surface area contributed by atoms with Crippen molar-refractivity contribution in [1.29, 1.82) is 0 Å². The number of nitrogens with one attached hydrogen (secondary N) is 2. The van der Waals surface area contributed by atoms with Crippen LogP contribution in [0, 0.1) is 0 Å². The molecule has 5 nitrogen and oxygen atoms in total. The zero-order valence-electron chi connectivity index (χ0n) is 10.1. The predicted octanol–water partition coefficient (Wildman–Crippen LogP) is 1.00. The summed E-state index contributed by atoms with van der Waals surface area (Å²) in [6, 6.07) is 10.3. The van der Waals surface area contributed by atoms with Gasteiger partial charge in [0.1, 0.15) is 5.82 Å².